The average Bonchev–Trinajstić information content (AvgIpc) is 2.39. The summed E-state index contributed by atoms with van der Waals surface area (Å²) in [4.78, 5) is 11.5. The predicted octanol–water partition coefficient (Wildman–Crippen LogP) is 2.01. The first-order valence-corrected chi connectivity index (χ1v) is 8.16. The lowest BCUT2D eigenvalue weighted by molar-refractivity contribution is -0.143. The van der Waals surface area contributed by atoms with Gasteiger partial charge in [-0.25, -0.2) is 13.1 Å². The van der Waals surface area contributed by atoms with E-state index in [1.54, 1.807) is 12.1 Å². The Balaban J connectivity index is 2.40. The third-order valence-electron chi connectivity index (χ3n) is 2.71. The van der Waals surface area contributed by atoms with Crippen molar-refractivity contribution in [3.63, 3.8) is 0 Å². The highest BCUT2D eigenvalue weighted by molar-refractivity contribution is 7.89. The van der Waals surface area contributed by atoms with Crippen LogP contribution in [0.3, 0.4) is 0 Å². The molecule has 0 aromatic heterocycles. The average molecular weight is 299 g/mol. The van der Waals surface area contributed by atoms with Gasteiger partial charge in [0.15, 0.2) is 0 Å². The monoisotopic (exact) mass is 299 g/mol. The summed E-state index contributed by atoms with van der Waals surface area (Å²) in [6.07, 6.45) is 1.81. The van der Waals surface area contributed by atoms with Crippen LogP contribution in [-0.4, -0.2) is 27.5 Å². The number of hydrogen-bond acceptors (Lipinski definition) is 4. The predicted molar refractivity (Wildman–Crippen MR) is 76.9 cm³/mol. The van der Waals surface area contributed by atoms with Crippen molar-refractivity contribution < 1.29 is 17.9 Å². The van der Waals surface area contributed by atoms with E-state index in [0.29, 0.717) is 6.61 Å². The topological polar surface area (TPSA) is 72.5 Å². The summed E-state index contributed by atoms with van der Waals surface area (Å²) in [7, 11) is -3.56. The lowest BCUT2D eigenvalue weighted by Crippen LogP contribution is -2.26. The minimum atomic E-state index is -3.56. The number of hydrogen-bond donors (Lipinski definition) is 1. The number of rotatable bonds is 8. The molecule has 0 aliphatic heterocycles. The number of esters is 1. The van der Waals surface area contributed by atoms with Gasteiger partial charge >= 0.3 is 5.97 Å². The van der Waals surface area contributed by atoms with Crippen molar-refractivity contribution >= 4 is 16.0 Å². The van der Waals surface area contributed by atoms with Crippen molar-refractivity contribution in [3.8, 4) is 0 Å². The molecule has 5 nitrogen and oxygen atoms in total. The fourth-order valence-electron chi connectivity index (χ4n) is 1.49. The maximum absolute atomic E-state index is 11.9. The zero-order valence-electron chi connectivity index (χ0n) is 11.9. The summed E-state index contributed by atoms with van der Waals surface area (Å²) in [5, 5.41) is 0. The quantitative estimate of drug-likeness (QED) is 0.588. The molecular weight excluding hydrogens is 278 g/mol. The number of nitrogens with one attached hydrogen (secondary N) is 1. The summed E-state index contributed by atoms with van der Waals surface area (Å²) in [6.45, 7) is 4.32. The minimum absolute atomic E-state index is 0.0365. The highest BCUT2D eigenvalue weighted by Gasteiger charge is 2.13. The Kier molecular flexibility index (Phi) is 6.67. The fourth-order valence-corrected chi connectivity index (χ4v) is 2.52. The van der Waals surface area contributed by atoms with Gasteiger partial charge in [-0.05, 0) is 25.5 Å². The standard InChI is InChI=1S/C14H21NO4S/c1-3-4-11-19-14(16)9-10-15-20(17,18)13-7-5-12(2)6-8-13/h5-8,15H,3-4,9-11H2,1-2H3. The number of carbonyl (C=O) groups is 1. The summed E-state index contributed by atoms with van der Waals surface area (Å²) in [5.74, 6) is -0.384. The largest absolute Gasteiger partial charge is 0.466 e. The molecule has 0 bridgehead atoms. The van der Waals surface area contributed by atoms with Crippen LogP contribution in [0.15, 0.2) is 29.2 Å². The second-order valence-electron chi connectivity index (χ2n) is 4.53. The van der Waals surface area contributed by atoms with E-state index in [4.69, 9.17) is 4.74 Å². The Bertz CT molecular complexity index is 523. The van der Waals surface area contributed by atoms with Crippen molar-refractivity contribution in [3.05, 3.63) is 29.8 Å². The number of aryl methyl sites for hydroxylation is 1. The highest BCUT2D eigenvalue weighted by atomic mass is 32.2. The third-order valence-corrected chi connectivity index (χ3v) is 4.19. The number of benzene rings is 1. The van der Waals surface area contributed by atoms with Crippen LogP contribution in [0.25, 0.3) is 0 Å². The SMILES string of the molecule is CCCCOC(=O)CCNS(=O)(=O)c1ccc(C)cc1. The van der Waals surface area contributed by atoms with Crippen LogP contribution in [-0.2, 0) is 19.6 Å². The molecule has 0 aliphatic carbocycles. The fraction of sp³-hybridized carbons (Fsp3) is 0.500. The van der Waals surface area contributed by atoms with Crippen LogP contribution in [0.5, 0.6) is 0 Å². The first kappa shape index (κ1) is 16.7. The van der Waals surface area contributed by atoms with Gasteiger partial charge < -0.3 is 4.74 Å². The van der Waals surface area contributed by atoms with Crippen molar-refractivity contribution in [2.45, 2.75) is 38.0 Å². The van der Waals surface area contributed by atoms with E-state index >= 15 is 0 Å². The molecule has 1 rings (SSSR count). The van der Waals surface area contributed by atoms with Gasteiger partial charge in [0.2, 0.25) is 10.0 Å². The van der Waals surface area contributed by atoms with E-state index in [2.05, 4.69) is 4.72 Å². The molecule has 0 saturated carbocycles. The van der Waals surface area contributed by atoms with E-state index < -0.39 is 10.0 Å². The van der Waals surface area contributed by atoms with Crippen LogP contribution in [0.1, 0.15) is 31.7 Å². The van der Waals surface area contributed by atoms with Crippen LogP contribution in [0.2, 0.25) is 0 Å². The molecular formula is C14H21NO4S. The molecule has 112 valence electrons. The van der Waals surface area contributed by atoms with Crippen LogP contribution < -0.4 is 4.72 Å². The maximum atomic E-state index is 11.9. The van der Waals surface area contributed by atoms with Gasteiger partial charge in [0.25, 0.3) is 0 Å². The lowest BCUT2D eigenvalue weighted by Gasteiger charge is -2.07. The number of unbranched alkanes of at least 4 members (excludes halogenated alkanes) is 1. The second-order valence-corrected chi connectivity index (χ2v) is 6.30. The molecule has 0 unspecified atom stereocenters. The molecule has 1 aromatic rings. The van der Waals surface area contributed by atoms with Crippen LogP contribution in [0, 0.1) is 6.92 Å². The molecule has 0 fully saturated rings. The Labute approximate surface area is 120 Å². The third kappa shape index (κ3) is 5.71. The van der Waals surface area contributed by atoms with Gasteiger partial charge in [-0.3, -0.25) is 4.79 Å². The molecule has 0 saturated heterocycles. The van der Waals surface area contributed by atoms with Crippen molar-refractivity contribution in [1.29, 1.82) is 0 Å². The molecule has 0 spiro atoms. The van der Waals surface area contributed by atoms with Gasteiger partial charge in [0, 0.05) is 6.54 Å². The molecule has 1 aromatic carbocycles. The molecule has 6 heteroatoms. The summed E-state index contributed by atoms with van der Waals surface area (Å²) in [5.41, 5.74) is 0.989. The van der Waals surface area contributed by atoms with Gasteiger partial charge in [0.1, 0.15) is 0 Å². The second kappa shape index (κ2) is 8.01. The van der Waals surface area contributed by atoms with E-state index in [-0.39, 0.29) is 23.8 Å². The maximum Gasteiger partial charge on any atom is 0.307 e. The van der Waals surface area contributed by atoms with E-state index in [0.717, 1.165) is 18.4 Å². The molecule has 0 amide bonds. The van der Waals surface area contributed by atoms with Gasteiger partial charge in [-0.15, -0.1) is 0 Å². The van der Waals surface area contributed by atoms with E-state index in [1.807, 2.05) is 13.8 Å². The molecule has 0 radical (unpaired) electrons. The molecule has 0 heterocycles. The highest BCUT2D eigenvalue weighted by Crippen LogP contribution is 2.09. The normalized spacial score (nSPS) is 11.3. The molecule has 1 N–H and O–H groups in total. The van der Waals surface area contributed by atoms with E-state index in [1.165, 1.54) is 12.1 Å². The number of sulfonamides is 1. The van der Waals surface area contributed by atoms with Gasteiger partial charge in [-0.1, -0.05) is 31.0 Å². The molecule has 0 aliphatic rings. The summed E-state index contributed by atoms with van der Waals surface area (Å²) in [6, 6.07) is 6.54. The Morgan fingerprint density at radius 3 is 2.50 bits per heavy atom. The van der Waals surface area contributed by atoms with Crippen molar-refractivity contribution in [2.75, 3.05) is 13.2 Å². The Morgan fingerprint density at radius 2 is 1.90 bits per heavy atom. The lowest BCUT2D eigenvalue weighted by atomic mass is 10.2. The molecule has 0 atom stereocenters. The smallest absolute Gasteiger partial charge is 0.307 e. The van der Waals surface area contributed by atoms with Crippen molar-refractivity contribution in [2.24, 2.45) is 0 Å². The van der Waals surface area contributed by atoms with Gasteiger partial charge in [0.05, 0.1) is 17.9 Å². The number of ether oxygens (including phenoxy) is 1. The summed E-state index contributed by atoms with van der Waals surface area (Å²) >= 11 is 0. The van der Waals surface area contributed by atoms with Crippen molar-refractivity contribution in [1.82, 2.24) is 4.72 Å². The first-order chi connectivity index (χ1) is 9.45. The van der Waals surface area contributed by atoms with Gasteiger partial charge in [-0.2, -0.15) is 0 Å². The van der Waals surface area contributed by atoms with E-state index in [9.17, 15) is 13.2 Å². The first-order valence-electron chi connectivity index (χ1n) is 6.67. The van der Waals surface area contributed by atoms with Crippen LogP contribution >= 0.6 is 0 Å². The Hall–Kier alpha value is -1.40. The number of carbonyl (C=O) groups excluding carboxylic acids is 1. The summed E-state index contributed by atoms with van der Waals surface area (Å²) < 4.78 is 31.2. The Morgan fingerprint density at radius 1 is 1.25 bits per heavy atom. The zero-order valence-corrected chi connectivity index (χ0v) is 12.7. The molecule has 20 heavy (non-hydrogen) atoms. The minimum Gasteiger partial charge on any atom is -0.466 e. The zero-order chi connectivity index (χ0) is 15.0. The van der Waals surface area contributed by atoms with Crippen LogP contribution in [0.4, 0.5) is 0 Å².